The summed E-state index contributed by atoms with van der Waals surface area (Å²) in [4.78, 5) is 29.8. The third kappa shape index (κ3) is 2.42. The van der Waals surface area contributed by atoms with Gasteiger partial charge >= 0.3 is 0 Å². The minimum Gasteiger partial charge on any atom is -0.302 e. The van der Waals surface area contributed by atoms with Gasteiger partial charge in [-0.1, -0.05) is 18.3 Å². The van der Waals surface area contributed by atoms with Crippen LogP contribution in [-0.2, 0) is 13.5 Å². The topological polar surface area (TPSA) is 89.8 Å². The molecule has 0 aliphatic heterocycles. The zero-order valence-electron chi connectivity index (χ0n) is 12.2. The Balaban J connectivity index is 1.99. The third-order valence-corrected chi connectivity index (χ3v) is 5.39. The Hall–Kier alpha value is -2.13. The first-order chi connectivity index (χ1) is 10.5. The molecule has 0 aromatic carbocycles. The van der Waals surface area contributed by atoms with E-state index < -0.39 is 0 Å². The summed E-state index contributed by atoms with van der Waals surface area (Å²) < 4.78 is 1.40. The highest BCUT2D eigenvalue weighted by Gasteiger charge is 2.20. The molecule has 3 aromatic heterocycles. The number of aryl methyl sites for hydroxylation is 3. The van der Waals surface area contributed by atoms with E-state index in [1.165, 1.54) is 33.6 Å². The van der Waals surface area contributed by atoms with Gasteiger partial charge in [0.15, 0.2) is 0 Å². The molecule has 22 heavy (non-hydrogen) atoms. The zero-order chi connectivity index (χ0) is 15.9. The van der Waals surface area contributed by atoms with Crippen LogP contribution in [0.3, 0.4) is 0 Å². The first-order valence-corrected chi connectivity index (χ1v) is 8.23. The molecular weight excluding hydrogens is 322 g/mol. The lowest BCUT2D eigenvalue weighted by Gasteiger charge is -1.99. The Morgan fingerprint density at radius 2 is 2.14 bits per heavy atom. The Morgan fingerprint density at radius 1 is 1.36 bits per heavy atom. The maximum absolute atomic E-state index is 12.4. The van der Waals surface area contributed by atoms with Crippen LogP contribution in [0.5, 0.6) is 0 Å². The van der Waals surface area contributed by atoms with E-state index in [0.717, 1.165) is 11.4 Å². The molecule has 0 unspecified atom stereocenters. The number of carbonyl (C=O) groups is 1. The fourth-order valence-corrected chi connectivity index (χ4v) is 3.74. The van der Waals surface area contributed by atoms with Crippen LogP contribution >= 0.6 is 22.7 Å². The van der Waals surface area contributed by atoms with Gasteiger partial charge in [0.05, 0.1) is 16.6 Å². The first kappa shape index (κ1) is 14.8. The molecule has 1 N–H and O–H groups in total. The predicted molar refractivity (Wildman–Crippen MR) is 86.8 cm³/mol. The quantitative estimate of drug-likeness (QED) is 0.790. The number of thiophene rings is 1. The molecule has 3 rings (SSSR count). The second kappa shape index (κ2) is 5.58. The molecule has 0 atom stereocenters. The molecule has 3 aromatic rings. The fourth-order valence-electron chi connectivity index (χ4n) is 2.03. The van der Waals surface area contributed by atoms with Gasteiger partial charge in [0.2, 0.25) is 5.13 Å². The highest BCUT2D eigenvalue weighted by molar-refractivity contribution is 7.21. The van der Waals surface area contributed by atoms with Crippen molar-refractivity contribution >= 4 is 43.9 Å². The number of nitrogens with one attached hydrogen (secondary N) is 1. The normalized spacial score (nSPS) is 11.0. The number of anilines is 1. The lowest BCUT2D eigenvalue weighted by Crippen LogP contribution is -2.17. The first-order valence-electron chi connectivity index (χ1n) is 6.59. The average Bonchev–Trinajstić information content (AvgIpc) is 3.08. The summed E-state index contributed by atoms with van der Waals surface area (Å²) in [6.07, 6.45) is 2.23. The lowest BCUT2D eigenvalue weighted by molar-refractivity contribution is 0.103. The minimum atomic E-state index is -0.290. The molecule has 114 valence electrons. The van der Waals surface area contributed by atoms with Gasteiger partial charge in [0.1, 0.15) is 9.84 Å². The van der Waals surface area contributed by atoms with E-state index in [9.17, 15) is 9.59 Å². The van der Waals surface area contributed by atoms with Crippen molar-refractivity contribution in [3.05, 3.63) is 32.1 Å². The van der Waals surface area contributed by atoms with Gasteiger partial charge < -0.3 is 4.57 Å². The van der Waals surface area contributed by atoms with E-state index in [-0.39, 0.29) is 11.5 Å². The van der Waals surface area contributed by atoms with Crippen LogP contribution in [0.4, 0.5) is 5.13 Å². The van der Waals surface area contributed by atoms with Gasteiger partial charge in [0, 0.05) is 7.05 Å². The van der Waals surface area contributed by atoms with Gasteiger partial charge in [-0.15, -0.1) is 21.5 Å². The molecule has 0 fully saturated rings. The molecule has 0 bridgehead atoms. The van der Waals surface area contributed by atoms with Crippen LogP contribution in [0.25, 0.3) is 10.2 Å². The summed E-state index contributed by atoms with van der Waals surface area (Å²) in [5.74, 6) is -0.290. The van der Waals surface area contributed by atoms with E-state index in [4.69, 9.17) is 0 Å². The number of aromatic nitrogens is 4. The van der Waals surface area contributed by atoms with Crippen LogP contribution in [0, 0.1) is 6.92 Å². The molecule has 9 heteroatoms. The van der Waals surface area contributed by atoms with E-state index in [1.54, 1.807) is 14.0 Å². The molecule has 0 aliphatic rings. The standard InChI is InChI=1S/C13H13N5O2S2/c1-4-7-16-17-13(21-7)15-10(19)9-6(2)8-11(22-9)14-5-18(3)12(8)20/h5H,4H2,1-3H3,(H,15,17,19). The molecule has 0 radical (unpaired) electrons. The summed E-state index contributed by atoms with van der Waals surface area (Å²) >= 11 is 2.55. The number of hydrogen-bond acceptors (Lipinski definition) is 7. The highest BCUT2D eigenvalue weighted by atomic mass is 32.1. The Labute approximate surface area is 133 Å². The average molecular weight is 335 g/mol. The van der Waals surface area contributed by atoms with Crippen molar-refractivity contribution in [2.45, 2.75) is 20.3 Å². The van der Waals surface area contributed by atoms with Crippen LogP contribution in [0.1, 0.15) is 27.2 Å². The largest absolute Gasteiger partial charge is 0.302 e. The van der Waals surface area contributed by atoms with Gasteiger partial charge in [-0.3, -0.25) is 14.9 Å². The van der Waals surface area contributed by atoms with Crippen LogP contribution in [0.15, 0.2) is 11.1 Å². The summed E-state index contributed by atoms with van der Waals surface area (Å²) in [5, 5.41) is 12.4. The van der Waals surface area contributed by atoms with E-state index in [1.807, 2.05) is 6.92 Å². The Bertz CT molecular complexity index is 924. The fraction of sp³-hybridized carbons (Fsp3) is 0.308. The number of carbonyl (C=O) groups excluding carboxylic acids is 1. The van der Waals surface area contributed by atoms with E-state index in [0.29, 0.717) is 25.8 Å². The maximum Gasteiger partial charge on any atom is 0.267 e. The Kier molecular flexibility index (Phi) is 3.75. The monoisotopic (exact) mass is 335 g/mol. The van der Waals surface area contributed by atoms with Gasteiger partial charge in [-0.2, -0.15) is 0 Å². The summed E-state index contributed by atoms with van der Waals surface area (Å²) in [6, 6.07) is 0. The maximum atomic E-state index is 12.4. The SMILES string of the molecule is CCc1nnc(NC(=O)c2sc3ncn(C)c(=O)c3c2C)s1. The minimum absolute atomic E-state index is 0.151. The van der Waals surface area contributed by atoms with Crippen LogP contribution in [0.2, 0.25) is 0 Å². The lowest BCUT2D eigenvalue weighted by atomic mass is 10.2. The number of rotatable bonds is 3. The summed E-state index contributed by atoms with van der Waals surface area (Å²) in [6.45, 7) is 3.73. The van der Waals surface area contributed by atoms with E-state index in [2.05, 4.69) is 20.5 Å². The number of fused-ring (bicyclic) bond motifs is 1. The van der Waals surface area contributed by atoms with Gasteiger partial charge in [0.25, 0.3) is 11.5 Å². The van der Waals surface area contributed by atoms with E-state index >= 15 is 0 Å². The third-order valence-electron chi connectivity index (χ3n) is 3.21. The highest BCUT2D eigenvalue weighted by Crippen LogP contribution is 2.28. The van der Waals surface area contributed by atoms with Gasteiger partial charge in [-0.25, -0.2) is 4.98 Å². The summed E-state index contributed by atoms with van der Waals surface area (Å²) in [5.41, 5.74) is 0.494. The molecule has 3 heterocycles. The number of amides is 1. The van der Waals surface area contributed by atoms with Crippen molar-refractivity contribution in [3.8, 4) is 0 Å². The molecular formula is C13H13N5O2S2. The van der Waals surface area contributed by atoms with Crippen molar-refractivity contribution < 1.29 is 4.79 Å². The second-order valence-corrected chi connectivity index (χ2v) is 6.77. The van der Waals surface area contributed by atoms with Crippen molar-refractivity contribution in [3.63, 3.8) is 0 Å². The predicted octanol–water partition coefficient (Wildman–Crippen LogP) is 1.97. The zero-order valence-corrected chi connectivity index (χ0v) is 13.8. The van der Waals surface area contributed by atoms with Crippen molar-refractivity contribution in [2.24, 2.45) is 7.05 Å². The Morgan fingerprint density at radius 3 is 2.82 bits per heavy atom. The molecule has 0 aliphatic carbocycles. The molecule has 0 saturated carbocycles. The second-order valence-electron chi connectivity index (χ2n) is 4.71. The summed E-state index contributed by atoms with van der Waals surface area (Å²) in [7, 11) is 1.64. The van der Waals surface area contributed by atoms with Crippen molar-refractivity contribution in [1.29, 1.82) is 0 Å². The van der Waals surface area contributed by atoms with Crippen molar-refractivity contribution in [1.82, 2.24) is 19.7 Å². The molecule has 1 amide bonds. The molecule has 7 nitrogen and oxygen atoms in total. The smallest absolute Gasteiger partial charge is 0.267 e. The van der Waals surface area contributed by atoms with Crippen LogP contribution in [-0.4, -0.2) is 25.7 Å². The van der Waals surface area contributed by atoms with Gasteiger partial charge in [-0.05, 0) is 18.9 Å². The number of nitrogens with zero attached hydrogens (tertiary/aromatic N) is 4. The molecule has 0 saturated heterocycles. The molecule has 0 spiro atoms. The van der Waals surface area contributed by atoms with Crippen molar-refractivity contribution in [2.75, 3.05) is 5.32 Å². The van der Waals surface area contributed by atoms with Crippen LogP contribution < -0.4 is 10.9 Å². The number of hydrogen-bond donors (Lipinski definition) is 1.